The van der Waals surface area contributed by atoms with Gasteiger partial charge in [0.05, 0.1) is 13.1 Å². The van der Waals surface area contributed by atoms with Crippen LogP contribution in [0.2, 0.25) is 0 Å². The lowest BCUT2D eigenvalue weighted by Gasteiger charge is -2.22. The molecule has 0 heterocycles. The second kappa shape index (κ2) is 7.83. The molecule has 21 heavy (non-hydrogen) atoms. The second-order valence-corrected chi connectivity index (χ2v) is 5.05. The van der Waals surface area contributed by atoms with Crippen molar-refractivity contribution < 1.29 is 18.4 Å². The highest BCUT2D eigenvalue weighted by atomic mass is 19.2. The predicted octanol–water partition coefficient (Wildman–Crippen LogP) is 1.95. The standard InChI is InChI=1S/C15H20F2N2O2/c1-4-7-19(10-15(21)18(2)3)9-14(20)11-5-6-12(16)13(17)8-11/h5-6,8H,4,7,9-10H2,1-3H3. The van der Waals surface area contributed by atoms with Gasteiger partial charge in [-0.3, -0.25) is 14.5 Å². The molecular formula is C15H20F2N2O2. The Kier molecular flexibility index (Phi) is 6.42. The molecule has 0 unspecified atom stereocenters. The predicted molar refractivity (Wildman–Crippen MR) is 76.1 cm³/mol. The lowest BCUT2D eigenvalue weighted by molar-refractivity contribution is -0.129. The maximum atomic E-state index is 13.1. The molecule has 0 N–H and O–H groups in total. The first-order valence-corrected chi connectivity index (χ1v) is 6.76. The molecule has 0 saturated heterocycles. The van der Waals surface area contributed by atoms with E-state index in [0.717, 1.165) is 18.6 Å². The van der Waals surface area contributed by atoms with Crippen LogP contribution in [0.15, 0.2) is 18.2 Å². The first kappa shape index (κ1) is 17.2. The molecular weight excluding hydrogens is 278 g/mol. The number of benzene rings is 1. The Morgan fingerprint density at radius 1 is 1.10 bits per heavy atom. The van der Waals surface area contributed by atoms with Crippen LogP contribution in [0.25, 0.3) is 0 Å². The van der Waals surface area contributed by atoms with Crippen LogP contribution in [-0.4, -0.2) is 55.2 Å². The molecule has 4 nitrogen and oxygen atoms in total. The Morgan fingerprint density at radius 3 is 2.29 bits per heavy atom. The normalized spacial score (nSPS) is 10.8. The number of Topliss-reactive ketones (excluding diaryl/α,β-unsaturated/α-hetero) is 1. The number of hydrogen-bond acceptors (Lipinski definition) is 3. The minimum absolute atomic E-state index is 0.00150. The number of rotatable bonds is 7. The molecule has 1 rings (SSSR count). The van der Waals surface area contributed by atoms with Crippen molar-refractivity contribution in [2.75, 3.05) is 33.7 Å². The molecule has 0 radical (unpaired) electrons. The third kappa shape index (κ3) is 5.23. The van der Waals surface area contributed by atoms with E-state index in [2.05, 4.69) is 0 Å². The summed E-state index contributed by atoms with van der Waals surface area (Å²) in [5.74, 6) is -2.48. The molecule has 0 aliphatic heterocycles. The average molecular weight is 298 g/mol. The van der Waals surface area contributed by atoms with E-state index < -0.39 is 11.6 Å². The van der Waals surface area contributed by atoms with Crippen molar-refractivity contribution in [2.45, 2.75) is 13.3 Å². The molecule has 0 bridgehead atoms. The largest absolute Gasteiger partial charge is 0.348 e. The van der Waals surface area contributed by atoms with Gasteiger partial charge >= 0.3 is 0 Å². The molecule has 116 valence electrons. The lowest BCUT2D eigenvalue weighted by atomic mass is 10.1. The zero-order chi connectivity index (χ0) is 16.0. The number of amides is 1. The van der Waals surface area contributed by atoms with E-state index in [1.165, 1.54) is 11.0 Å². The van der Waals surface area contributed by atoms with Crippen LogP contribution in [0.1, 0.15) is 23.7 Å². The van der Waals surface area contributed by atoms with Gasteiger partial charge in [0, 0.05) is 19.7 Å². The molecule has 0 spiro atoms. The molecule has 0 aliphatic rings. The summed E-state index contributed by atoms with van der Waals surface area (Å²) in [5, 5.41) is 0. The monoisotopic (exact) mass is 298 g/mol. The van der Waals surface area contributed by atoms with Crippen LogP contribution >= 0.6 is 0 Å². The summed E-state index contributed by atoms with van der Waals surface area (Å²) in [4.78, 5) is 26.9. The fourth-order valence-electron chi connectivity index (χ4n) is 1.83. The van der Waals surface area contributed by atoms with Gasteiger partial charge in [0.25, 0.3) is 0 Å². The van der Waals surface area contributed by atoms with Crippen molar-refractivity contribution in [3.63, 3.8) is 0 Å². The van der Waals surface area contributed by atoms with Crippen molar-refractivity contribution in [1.29, 1.82) is 0 Å². The van der Waals surface area contributed by atoms with Gasteiger partial charge in [-0.05, 0) is 31.2 Å². The Hall–Kier alpha value is -1.82. The second-order valence-electron chi connectivity index (χ2n) is 5.05. The van der Waals surface area contributed by atoms with Crippen molar-refractivity contribution in [3.05, 3.63) is 35.4 Å². The SMILES string of the molecule is CCCN(CC(=O)c1ccc(F)c(F)c1)CC(=O)N(C)C. The number of halogens is 2. The number of ketones is 1. The summed E-state index contributed by atoms with van der Waals surface area (Å²) in [6.07, 6.45) is 0.783. The van der Waals surface area contributed by atoms with Crippen molar-refractivity contribution in [3.8, 4) is 0 Å². The molecule has 6 heteroatoms. The number of carbonyl (C=O) groups excluding carboxylic acids is 2. The van der Waals surface area contributed by atoms with E-state index in [-0.39, 0.29) is 30.3 Å². The van der Waals surface area contributed by atoms with Gasteiger partial charge in [-0.15, -0.1) is 0 Å². The van der Waals surface area contributed by atoms with E-state index in [1.54, 1.807) is 19.0 Å². The highest BCUT2D eigenvalue weighted by Crippen LogP contribution is 2.10. The van der Waals surface area contributed by atoms with E-state index in [4.69, 9.17) is 0 Å². The molecule has 0 saturated carbocycles. The molecule has 0 aliphatic carbocycles. The quantitative estimate of drug-likeness (QED) is 0.722. The summed E-state index contributed by atoms with van der Waals surface area (Å²) in [6.45, 7) is 2.64. The number of carbonyl (C=O) groups is 2. The first-order chi connectivity index (χ1) is 9.85. The van der Waals surface area contributed by atoms with Gasteiger partial charge in [-0.2, -0.15) is 0 Å². The van der Waals surface area contributed by atoms with Gasteiger partial charge in [-0.25, -0.2) is 8.78 Å². The van der Waals surface area contributed by atoms with Gasteiger partial charge in [-0.1, -0.05) is 6.92 Å². The van der Waals surface area contributed by atoms with Crippen LogP contribution in [0, 0.1) is 11.6 Å². The molecule has 1 aromatic carbocycles. The van der Waals surface area contributed by atoms with E-state index in [1.807, 2.05) is 6.92 Å². The van der Waals surface area contributed by atoms with Crippen LogP contribution in [0.4, 0.5) is 8.78 Å². The summed E-state index contributed by atoms with van der Waals surface area (Å²) in [6, 6.07) is 3.06. The Balaban J connectivity index is 2.75. The van der Waals surface area contributed by atoms with Gasteiger partial charge in [0.2, 0.25) is 5.91 Å². The molecule has 0 atom stereocenters. The topological polar surface area (TPSA) is 40.6 Å². The zero-order valence-corrected chi connectivity index (χ0v) is 12.5. The average Bonchev–Trinajstić information content (AvgIpc) is 2.41. The minimum atomic E-state index is -1.05. The van der Waals surface area contributed by atoms with Crippen LogP contribution in [-0.2, 0) is 4.79 Å². The Morgan fingerprint density at radius 2 is 1.76 bits per heavy atom. The van der Waals surface area contributed by atoms with Gasteiger partial charge < -0.3 is 4.90 Å². The third-order valence-corrected chi connectivity index (χ3v) is 3.01. The van der Waals surface area contributed by atoms with E-state index in [9.17, 15) is 18.4 Å². The lowest BCUT2D eigenvalue weighted by Crippen LogP contribution is -2.39. The summed E-state index contributed by atoms with van der Waals surface area (Å²) in [7, 11) is 3.28. The Labute approximate surface area is 123 Å². The molecule has 1 aromatic rings. The highest BCUT2D eigenvalue weighted by Gasteiger charge is 2.17. The minimum Gasteiger partial charge on any atom is -0.348 e. The number of nitrogens with zero attached hydrogens (tertiary/aromatic N) is 2. The zero-order valence-electron chi connectivity index (χ0n) is 12.5. The molecule has 0 aromatic heterocycles. The molecule has 1 amide bonds. The van der Waals surface area contributed by atoms with Crippen molar-refractivity contribution in [1.82, 2.24) is 9.80 Å². The molecule has 0 fully saturated rings. The maximum Gasteiger partial charge on any atom is 0.236 e. The summed E-state index contributed by atoms with van der Waals surface area (Å²) >= 11 is 0. The smallest absolute Gasteiger partial charge is 0.236 e. The Bertz CT molecular complexity index is 518. The fourth-order valence-corrected chi connectivity index (χ4v) is 1.83. The first-order valence-electron chi connectivity index (χ1n) is 6.76. The number of hydrogen-bond donors (Lipinski definition) is 0. The summed E-state index contributed by atoms with van der Waals surface area (Å²) < 4.78 is 26.0. The summed E-state index contributed by atoms with van der Waals surface area (Å²) in [5.41, 5.74) is 0.104. The maximum absolute atomic E-state index is 13.1. The van der Waals surface area contributed by atoms with Crippen molar-refractivity contribution >= 4 is 11.7 Å². The van der Waals surface area contributed by atoms with E-state index in [0.29, 0.717) is 6.54 Å². The van der Waals surface area contributed by atoms with Crippen molar-refractivity contribution in [2.24, 2.45) is 0 Å². The van der Waals surface area contributed by atoms with Crippen LogP contribution in [0.5, 0.6) is 0 Å². The van der Waals surface area contributed by atoms with Gasteiger partial charge in [0.15, 0.2) is 17.4 Å². The van der Waals surface area contributed by atoms with Crippen LogP contribution < -0.4 is 0 Å². The number of likely N-dealkylation sites (N-methyl/N-ethyl adjacent to an activating group) is 1. The highest BCUT2D eigenvalue weighted by molar-refractivity contribution is 5.97. The fraction of sp³-hybridized carbons (Fsp3) is 0.467. The van der Waals surface area contributed by atoms with Crippen LogP contribution in [0.3, 0.4) is 0 Å². The van der Waals surface area contributed by atoms with Gasteiger partial charge in [0.1, 0.15) is 0 Å². The third-order valence-electron chi connectivity index (χ3n) is 3.01. The van der Waals surface area contributed by atoms with E-state index >= 15 is 0 Å².